The van der Waals surface area contributed by atoms with E-state index in [1.807, 2.05) is 6.07 Å². The fourth-order valence-corrected chi connectivity index (χ4v) is 4.07. The van der Waals surface area contributed by atoms with Crippen molar-refractivity contribution in [1.29, 1.82) is 0 Å². The van der Waals surface area contributed by atoms with Gasteiger partial charge in [0.05, 0.1) is 7.11 Å². The van der Waals surface area contributed by atoms with Gasteiger partial charge in [0.1, 0.15) is 5.75 Å². The molecular formula is C17H25BrN2O. The Morgan fingerprint density at radius 3 is 2.76 bits per heavy atom. The first kappa shape index (κ1) is 15.3. The Kier molecular flexibility index (Phi) is 5.19. The van der Waals surface area contributed by atoms with Gasteiger partial charge < -0.3 is 9.64 Å². The number of hydrogen-bond donors (Lipinski definition) is 0. The Balaban J connectivity index is 1.66. The second-order valence-corrected chi connectivity index (χ2v) is 7.15. The van der Waals surface area contributed by atoms with Gasteiger partial charge in [-0.15, -0.1) is 0 Å². The Labute approximate surface area is 136 Å². The van der Waals surface area contributed by atoms with Gasteiger partial charge in [-0.05, 0) is 63.5 Å². The second-order valence-electron chi connectivity index (χ2n) is 6.23. The van der Waals surface area contributed by atoms with E-state index in [4.69, 9.17) is 4.74 Å². The van der Waals surface area contributed by atoms with Gasteiger partial charge in [0.25, 0.3) is 0 Å². The molecule has 1 aromatic rings. The van der Waals surface area contributed by atoms with Gasteiger partial charge >= 0.3 is 0 Å². The summed E-state index contributed by atoms with van der Waals surface area (Å²) in [7, 11) is 1.76. The van der Waals surface area contributed by atoms with Crippen molar-refractivity contribution in [3.63, 3.8) is 0 Å². The molecule has 0 radical (unpaired) electrons. The molecule has 0 aliphatic carbocycles. The average molecular weight is 353 g/mol. The third kappa shape index (κ3) is 3.79. The summed E-state index contributed by atoms with van der Waals surface area (Å²) in [6.45, 7) is 6.06. The lowest BCUT2D eigenvalue weighted by Crippen LogP contribution is -2.38. The van der Waals surface area contributed by atoms with E-state index < -0.39 is 0 Å². The van der Waals surface area contributed by atoms with Crippen LogP contribution >= 0.6 is 15.9 Å². The van der Waals surface area contributed by atoms with Crippen molar-refractivity contribution in [3.05, 3.63) is 28.2 Å². The van der Waals surface area contributed by atoms with Crippen molar-refractivity contribution in [2.75, 3.05) is 33.3 Å². The molecule has 2 fully saturated rings. The third-order valence-corrected chi connectivity index (χ3v) is 5.28. The van der Waals surface area contributed by atoms with Crippen LogP contribution in [0.5, 0.6) is 5.75 Å². The highest BCUT2D eigenvalue weighted by Gasteiger charge is 2.28. The van der Waals surface area contributed by atoms with Gasteiger partial charge in [0.2, 0.25) is 0 Å². The van der Waals surface area contributed by atoms with E-state index in [0.29, 0.717) is 6.04 Å². The minimum atomic E-state index is 0.715. The van der Waals surface area contributed by atoms with Gasteiger partial charge in [-0.2, -0.15) is 0 Å². The Morgan fingerprint density at radius 1 is 1.19 bits per heavy atom. The lowest BCUT2D eigenvalue weighted by Gasteiger charge is -2.29. The molecule has 0 bridgehead atoms. The summed E-state index contributed by atoms with van der Waals surface area (Å²) in [5, 5.41) is 0. The molecule has 3 rings (SSSR count). The molecule has 2 heterocycles. The number of hydrogen-bond acceptors (Lipinski definition) is 3. The van der Waals surface area contributed by atoms with E-state index in [2.05, 4.69) is 37.9 Å². The maximum atomic E-state index is 5.52. The standard InChI is InChI=1S/C17H25BrN2O/c1-21-17-7-6-15(18)11-14(17)12-20-10-4-5-16(20)13-19-8-2-3-9-19/h6-7,11,16H,2-5,8-10,12-13H2,1H3. The van der Waals surface area contributed by atoms with Crippen LogP contribution in [0.1, 0.15) is 31.2 Å². The van der Waals surface area contributed by atoms with Crippen LogP contribution in [0.15, 0.2) is 22.7 Å². The fraction of sp³-hybridized carbons (Fsp3) is 0.647. The molecule has 0 aromatic heterocycles. The van der Waals surface area contributed by atoms with E-state index in [1.165, 1.54) is 57.4 Å². The van der Waals surface area contributed by atoms with E-state index in [0.717, 1.165) is 16.8 Å². The number of likely N-dealkylation sites (tertiary alicyclic amines) is 2. The molecule has 1 atom stereocenters. The molecule has 4 heteroatoms. The summed E-state index contributed by atoms with van der Waals surface area (Å²) in [6, 6.07) is 7.02. The van der Waals surface area contributed by atoms with E-state index in [1.54, 1.807) is 7.11 Å². The molecule has 3 nitrogen and oxygen atoms in total. The van der Waals surface area contributed by atoms with Gasteiger partial charge in [-0.3, -0.25) is 4.90 Å². The molecule has 21 heavy (non-hydrogen) atoms. The number of methoxy groups -OCH3 is 1. The molecule has 0 N–H and O–H groups in total. The summed E-state index contributed by atoms with van der Waals surface area (Å²) in [4.78, 5) is 5.28. The van der Waals surface area contributed by atoms with Gasteiger partial charge in [0.15, 0.2) is 0 Å². The molecule has 2 aliphatic rings. The van der Waals surface area contributed by atoms with Crippen LogP contribution in [0, 0.1) is 0 Å². The van der Waals surface area contributed by atoms with Crippen molar-refractivity contribution in [2.24, 2.45) is 0 Å². The van der Waals surface area contributed by atoms with Crippen LogP contribution in [0.25, 0.3) is 0 Å². The first-order valence-corrected chi connectivity index (χ1v) is 8.84. The minimum absolute atomic E-state index is 0.715. The lowest BCUT2D eigenvalue weighted by atomic mass is 10.1. The van der Waals surface area contributed by atoms with Crippen molar-refractivity contribution < 1.29 is 4.74 Å². The average Bonchev–Trinajstić information content (AvgIpc) is 3.12. The Morgan fingerprint density at radius 2 is 2.00 bits per heavy atom. The smallest absolute Gasteiger partial charge is 0.123 e. The largest absolute Gasteiger partial charge is 0.496 e. The number of halogens is 1. The van der Waals surface area contributed by atoms with Crippen molar-refractivity contribution in [2.45, 2.75) is 38.3 Å². The highest BCUT2D eigenvalue weighted by molar-refractivity contribution is 9.10. The Hall–Kier alpha value is -0.580. The fourth-order valence-electron chi connectivity index (χ4n) is 3.66. The molecule has 116 valence electrons. The van der Waals surface area contributed by atoms with Gasteiger partial charge in [-0.25, -0.2) is 0 Å². The summed E-state index contributed by atoms with van der Waals surface area (Å²) in [6.07, 6.45) is 5.43. The SMILES string of the molecule is COc1ccc(Br)cc1CN1CCCC1CN1CCCC1. The highest BCUT2D eigenvalue weighted by atomic mass is 79.9. The number of benzene rings is 1. The molecule has 0 spiro atoms. The highest BCUT2D eigenvalue weighted by Crippen LogP contribution is 2.28. The number of nitrogens with zero attached hydrogens (tertiary/aromatic N) is 2. The summed E-state index contributed by atoms with van der Waals surface area (Å²) in [5.74, 6) is 1.00. The Bertz CT molecular complexity index is 474. The van der Waals surface area contributed by atoms with Crippen LogP contribution in [-0.2, 0) is 6.54 Å². The zero-order valence-corrected chi connectivity index (χ0v) is 14.4. The first-order valence-electron chi connectivity index (χ1n) is 8.05. The van der Waals surface area contributed by atoms with Crippen LogP contribution in [0.3, 0.4) is 0 Å². The van der Waals surface area contributed by atoms with Crippen molar-refractivity contribution in [3.8, 4) is 5.75 Å². The predicted molar refractivity (Wildman–Crippen MR) is 89.8 cm³/mol. The van der Waals surface area contributed by atoms with E-state index in [-0.39, 0.29) is 0 Å². The van der Waals surface area contributed by atoms with Crippen molar-refractivity contribution in [1.82, 2.24) is 9.80 Å². The maximum Gasteiger partial charge on any atom is 0.123 e. The summed E-state index contributed by atoms with van der Waals surface area (Å²) in [5.41, 5.74) is 1.29. The molecule has 1 aromatic carbocycles. The zero-order valence-electron chi connectivity index (χ0n) is 12.9. The normalized spacial score (nSPS) is 23.8. The van der Waals surface area contributed by atoms with Crippen LogP contribution < -0.4 is 4.74 Å². The maximum absolute atomic E-state index is 5.52. The number of ether oxygens (including phenoxy) is 1. The lowest BCUT2D eigenvalue weighted by molar-refractivity contribution is 0.184. The topological polar surface area (TPSA) is 15.7 Å². The molecule has 1 unspecified atom stereocenters. The van der Waals surface area contributed by atoms with Gasteiger partial charge in [0, 0.05) is 29.2 Å². The molecule has 0 amide bonds. The summed E-state index contributed by atoms with van der Waals surface area (Å²) < 4.78 is 6.65. The molecule has 0 saturated carbocycles. The number of rotatable bonds is 5. The quantitative estimate of drug-likeness (QED) is 0.806. The van der Waals surface area contributed by atoms with E-state index >= 15 is 0 Å². The first-order chi connectivity index (χ1) is 10.3. The van der Waals surface area contributed by atoms with Crippen molar-refractivity contribution >= 4 is 15.9 Å². The molecule has 2 aliphatic heterocycles. The monoisotopic (exact) mass is 352 g/mol. The third-order valence-electron chi connectivity index (χ3n) is 4.78. The van der Waals surface area contributed by atoms with Gasteiger partial charge in [-0.1, -0.05) is 15.9 Å². The zero-order chi connectivity index (χ0) is 14.7. The molecular weight excluding hydrogens is 328 g/mol. The van der Waals surface area contributed by atoms with Crippen LogP contribution in [-0.4, -0.2) is 49.1 Å². The van der Waals surface area contributed by atoms with E-state index in [9.17, 15) is 0 Å². The molecule has 2 saturated heterocycles. The van der Waals surface area contributed by atoms with Crippen LogP contribution in [0.4, 0.5) is 0 Å². The second kappa shape index (κ2) is 7.12. The van der Waals surface area contributed by atoms with Crippen LogP contribution in [0.2, 0.25) is 0 Å². The predicted octanol–water partition coefficient (Wildman–Crippen LogP) is 3.52. The summed E-state index contributed by atoms with van der Waals surface area (Å²) >= 11 is 3.58. The minimum Gasteiger partial charge on any atom is -0.496 e.